The van der Waals surface area contributed by atoms with Crippen molar-refractivity contribution in [1.82, 2.24) is 20.2 Å². The number of carbonyl (C=O) groups excluding carboxylic acids is 1. The molecular weight excluding hydrogens is 304 g/mol. The lowest BCUT2D eigenvalue weighted by molar-refractivity contribution is -0.0290. The second kappa shape index (κ2) is 6.65. The molecule has 24 heavy (non-hydrogen) atoms. The molecule has 1 fully saturated rings. The molecule has 3 N–H and O–H groups in total. The van der Waals surface area contributed by atoms with Gasteiger partial charge in [0.2, 0.25) is 0 Å². The first-order valence-electron chi connectivity index (χ1n) is 8.34. The summed E-state index contributed by atoms with van der Waals surface area (Å²) in [6, 6.07) is 7.66. The molecule has 2 aromatic rings. The van der Waals surface area contributed by atoms with Crippen LogP contribution < -0.4 is 10.6 Å². The van der Waals surface area contributed by atoms with E-state index in [0.717, 1.165) is 36.3 Å². The largest absolute Gasteiger partial charge is 0.388 e. The van der Waals surface area contributed by atoms with E-state index in [1.54, 1.807) is 6.20 Å². The van der Waals surface area contributed by atoms with Gasteiger partial charge in [0.15, 0.2) is 0 Å². The highest BCUT2D eigenvalue weighted by atomic mass is 16.3. The number of hydrogen-bond donors (Lipinski definition) is 3. The normalized spacial score (nSPS) is 17.0. The fraction of sp³-hybridized carbons (Fsp3) is 0.444. The van der Waals surface area contributed by atoms with Crippen molar-refractivity contribution in [2.75, 3.05) is 6.54 Å². The Morgan fingerprint density at radius 2 is 2.08 bits per heavy atom. The van der Waals surface area contributed by atoms with Crippen LogP contribution in [0.4, 0.5) is 4.79 Å². The van der Waals surface area contributed by atoms with Crippen LogP contribution in [-0.2, 0) is 0 Å². The van der Waals surface area contributed by atoms with E-state index in [4.69, 9.17) is 0 Å². The summed E-state index contributed by atoms with van der Waals surface area (Å²) in [5.41, 5.74) is 1.36. The van der Waals surface area contributed by atoms with Crippen LogP contribution in [0.1, 0.15) is 43.6 Å². The van der Waals surface area contributed by atoms with E-state index in [1.807, 2.05) is 48.9 Å². The predicted octanol–water partition coefficient (Wildman–Crippen LogP) is 2.46. The number of nitrogens with one attached hydrogen (secondary N) is 2. The number of aliphatic hydroxyl groups is 1. The molecule has 1 aliphatic rings. The van der Waals surface area contributed by atoms with E-state index in [2.05, 4.69) is 15.6 Å². The molecule has 1 heterocycles. The van der Waals surface area contributed by atoms with Crippen molar-refractivity contribution in [1.29, 1.82) is 0 Å². The van der Waals surface area contributed by atoms with Gasteiger partial charge in [-0.3, -0.25) is 0 Å². The number of benzene rings is 1. The molecule has 0 aliphatic heterocycles. The van der Waals surface area contributed by atoms with Gasteiger partial charge in [-0.05, 0) is 50.8 Å². The van der Waals surface area contributed by atoms with E-state index in [-0.39, 0.29) is 12.1 Å². The Hall–Kier alpha value is -2.34. The number of carbonyl (C=O) groups is 1. The Morgan fingerprint density at radius 1 is 1.38 bits per heavy atom. The van der Waals surface area contributed by atoms with Crippen molar-refractivity contribution >= 4 is 6.03 Å². The first-order valence-corrected chi connectivity index (χ1v) is 8.34. The lowest BCUT2D eigenvalue weighted by Gasteiger charge is -2.36. The van der Waals surface area contributed by atoms with Gasteiger partial charge >= 0.3 is 6.03 Å². The molecule has 1 atom stereocenters. The standard InChI is InChI=1S/C18H24N4O2/c1-13(21-17(23)20-12-18(24)8-3-9-18)15-4-6-16(7-5-15)22-11-10-19-14(22)2/h4-7,10-11,13,24H,3,8-9,12H2,1-2H3,(H2,20,21,23). The number of urea groups is 1. The molecule has 0 radical (unpaired) electrons. The monoisotopic (exact) mass is 328 g/mol. The van der Waals surface area contributed by atoms with Gasteiger partial charge < -0.3 is 20.3 Å². The SMILES string of the molecule is Cc1nccn1-c1ccc(C(C)NC(=O)NCC2(O)CCC2)cc1. The Labute approximate surface area is 141 Å². The van der Waals surface area contributed by atoms with Crippen molar-refractivity contribution in [2.45, 2.75) is 44.8 Å². The van der Waals surface area contributed by atoms with Crippen LogP contribution in [0.2, 0.25) is 0 Å². The average molecular weight is 328 g/mol. The van der Waals surface area contributed by atoms with Crippen LogP contribution >= 0.6 is 0 Å². The summed E-state index contributed by atoms with van der Waals surface area (Å²) in [7, 11) is 0. The van der Waals surface area contributed by atoms with Gasteiger partial charge in [-0.25, -0.2) is 9.78 Å². The maximum atomic E-state index is 12.0. The number of imidazole rings is 1. The van der Waals surface area contributed by atoms with Crippen molar-refractivity contribution in [3.63, 3.8) is 0 Å². The number of aryl methyl sites for hydroxylation is 1. The second-order valence-electron chi connectivity index (χ2n) is 6.56. The summed E-state index contributed by atoms with van der Waals surface area (Å²) in [5, 5.41) is 15.7. The average Bonchev–Trinajstić information content (AvgIpc) is 2.97. The lowest BCUT2D eigenvalue weighted by atomic mass is 9.80. The summed E-state index contributed by atoms with van der Waals surface area (Å²) in [6.45, 7) is 4.21. The van der Waals surface area contributed by atoms with Crippen LogP contribution in [-0.4, -0.2) is 32.8 Å². The van der Waals surface area contributed by atoms with Crippen LogP contribution in [0.5, 0.6) is 0 Å². The minimum absolute atomic E-state index is 0.112. The van der Waals surface area contributed by atoms with E-state index < -0.39 is 5.60 Å². The van der Waals surface area contributed by atoms with Gasteiger partial charge in [0, 0.05) is 24.6 Å². The minimum atomic E-state index is -0.703. The van der Waals surface area contributed by atoms with Crippen molar-refractivity contribution in [3.05, 3.63) is 48.0 Å². The molecule has 128 valence electrons. The van der Waals surface area contributed by atoms with Crippen LogP contribution in [0.25, 0.3) is 5.69 Å². The van der Waals surface area contributed by atoms with E-state index in [1.165, 1.54) is 0 Å². The summed E-state index contributed by atoms with van der Waals surface area (Å²) in [4.78, 5) is 16.2. The zero-order chi connectivity index (χ0) is 17.2. The van der Waals surface area contributed by atoms with Crippen molar-refractivity contribution < 1.29 is 9.90 Å². The molecule has 2 amide bonds. The topological polar surface area (TPSA) is 79.2 Å². The highest BCUT2D eigenvalue weighted by Crippen LogP contribution is 2.30. The molecule has 3 rings (SSSR count). The third kappa shape index (κ3) is 3.59. The third-order valence-corrected chi connectivity index (χ3v) is 4.71. The van der Waals surface area contributed by atoms with Crippen molar-refractivity contribution in [2.24, 2.45) is 0 Å². The first kappa shape index (κ1) is 16.5. The number of rotatable bonds is 5. The van der Waals surface area contributed by atoms with Gasteiger partial charge in [0.05, 0.1) is 11.6 Å². The number of hydrogen-bond acceptors (Lipinski definition) is 3. The molecule has 1 aromatic carbocycles. The number of amides is 2. The quantitative estimate of drug-likeness (QED) is 0.789. The zero-order valence-corrected chi connectivity index (χ0v) is 14.1. The molecule has 1 saturated carbocycles. The van der Waals surface area contributed by atoms with Gasteiger partial charge in [-0.1, -0.05) is 12.1 Å². The molecular formula is C18H24N4O2. The second-order valence-corrected chi connectivity index (χ2v) is 6.56. The maximum Gasteiger partial charge on any atom is 0.315 e. The van der Waals surface area contributed by atoms with E-state index >= 15 is 0 Å². The molecule has 6 heteroatoms. The van der Waals surface area contributed by atoms with Crippen molar-refractivity contribution in [3.8, 4) is 5.69 Å². The fourth-order valence-electron chi connectivity index (χ4n) is 2.91. The third-order valence-electron chi connectivity index (χ3n) is 4.71. The highest BCUT2D eigenvalue weighted by Gasteiger charge is 2.34. The summed E-state index contributed by atoms with van der Waals surface area (Å²) in [6.07, 6.45) is 6.24. The van der Waals surface area contributed by atoms with Crippen LogP contribution in [0, 0.1) is 6.92 Å². The summed E-state index contributed by atoms with van der Waals surface area (Å²) >= 11 is 0. The highest BCUT2D eigenvalue weighted by molar-refractivity contribution is 5.74. The van der Waals surface area contributed by atoms with Gasteiger partial charge in [0.25, 0.3) is 0 Å². The van der Waals surface area contributed by atoms with Gasteiger partial charge in [-0.15, -0.1) is 0 Å². The van der Waals surface area contributed by atoms with E-state index in [9.17, 15) is 9.90 Å². The van der Waals surface area contributed by atoms with Crippen LogP contribution in [0.15, 0.2) is 36.7 Å². The Morgan fingerprint density at radius 3 is 2.62 bits per heavy atom. The van der Waals surface area contributed by atoms with Gasteiger partial charge in [-0.2, -0.15) is 0 Å². The molecule has 1 unspecified atom stereocenters. The summed E-state index contributed by atoms with van der Waals surface area (Å²) < 4.78 is 2.01. The van der Waals surface area contributed by atoms with E-state index in [0.29, 0.717) is 6.54 Å². The van der Waals surface area contributed by atoms with Gasteiger partial charge in [0.1, 0.15) is 5.82 Å². The molecule has 0 bridgehead atoms. The lowest BCUT2D eigenvalue weighted by Crippen LogP contribution is -2.50. The molecule has 1 aliphatic carbocycles. The zero-order valence-electron chi connectivity index (χ0n) is 14.1. The molecule has 6 nitrogen and oxygen atoms in total. The predicted molar refractivity (Wildman–Crippen MR) is 92.1 cm³/mol. The van der Waals surface area contributed by atoms with Crippen LogP contribution in [0.3, 0.4) is 0 Å². The Balaban J connectivity index is 1.55. The smallest absolute Gasteiger partial charge is 0.315 e. The minimum Gasteiger partial charge on any atom is -0.388 e. The maximum absolute atomic E-state index is 12.0. The Bertz CT molecular complexity index is 704. The Kier molecular flexibility index (Phi) is 4.57. The first-order chi connectivity index (χ1) is 11.5. The number of nitrogens with zero attached hydrogens (tertiary/aromatic N) is 2. The number of aromatic nitrogens is 2. The molecule has 0 spiro atoms. The summed E-state index contributed by atoms with van der Waals surface area (Å²) in [5.74, 6) is 0.933. The fourth-order valence-corrected chi connectivity index (χ4v) is 2.91. The molecule has 0 saturated heterocycles. The molecule has 1 aromatic heterocycles.